The van der Waals surface area contributed by atoms with E-state index in [4.69, 9.17) is 4.74 Å². The van der Waals surface area contributed by atoms with Gasteiger partial charge in [0.05, 0.1) is 6.61 Å². The Hall–Kier alpha value is -2.95. The normalized spacial score (nSPS) is 11.9. The first-order valence-electron chi connectivity index (χ1n) is 8.03. The number of ether oxygens (including phenoxy) is 1. The van der Waals surface area contributed by atoms with Gasteiger partial charge < -0.3 is 10.1 Å². The fourth-order valence-electron chi connectivity index (χ4n) is 2.29. The second kappa shape index (κ2) is 9.37. The third kappa shape index (κ3) is 6.22. The molecule has 0 fully saturated rings. The molecule has 0 radical (unpaired) electrons. The molecule has 0 aliphatic rings. The predicted octanol–water partition coefficient (Wildman–Crippen LogP) is 3.13. The minimum atomic E-state index is -0.785. The number of benzene rings is 2. The minimum Gasteiger partial charge on any atom is -0.464 e. The summed E-state index contributed by atoms with van der Waals surface area (Å²) in [6.45, 7) is 1.95. The summed E-state index contributed by atoms with van der Waals surface area (Å²) in [7, 11) is 0. The van der Waals surface area contributed by atoms with Gasteiger partial charge in [0.2, 0.25) is 5.91 Å². The van der Waals surface area contributed by atoms with Crippen molar-refractivity contribution in [3.8, 4) is 0 Å². The second-order valence-electron chi connectivity index (χ2n) is 5.39. The maximum absolute atomic E-state index is 13.1. The summed E-state index contributed by atoms with van der Waals surface area (Å²) in [5.41, 5.74) is 1.47. The first-order chi connectivity index (χ1) is 12.1. The first-order valence-corrected chi connectivity index (χ1v) is 8.03. The van der Waals surface area contributed by atoms with E-state index in [1.165, 1.54) is 24.3 Å². The fourth-order valence-corrected chi connectivity index (χ4v) is 2.29. The molecule has 2 rings (SSSR count). The van der Waals surface area contributed by atoms with E-state index in [-0.39, 0.29) is 12.4 Å². The van der Waals surface area contributed by atoms with Crippen molar-refractivity contribution in [1.82, 2.24) is 5.32 Å². The number of amides is 1. The van der Waals surface area contributed by atoms with Crippen LogP contribution in [-0.2, 0) is 20.7 Å². The summed E-state index contributed by atoms with van der Waals surface area (Å²) in [5.74, 6) is -1.31. The van der Waals surface area contributed by atoms with Crippen molar-refractivity contribution in [3.63, 3.8) is 0 Å². The van der Waals surface area contributed by atoms with E-state index in [0.29, 0.717) is 12.0 Å². The summed E-state index contributed by atoms with van der Waals surface area (Å²) in [6, 6.07) is 14.5. The van der Waals surface area contributed by atoms with Gasteiger partial charge in [-0.15, -0.1) is 0 Å². The summed E-state index contributed by atoms with van der Waals surface area (Å²) >= 11 is 0. The van der Waals surface area contributed by atoms with Crippen molar-refractivity contribution in [1.29, 1.82) is 0 Å². The van der Waals surface area contributed by atoms with E-state index in [9.17, 15) is 14.0 Å². The summed E-state index contributed by atoms with van der Waals surface area (Å²) < 4.78 is 18.2. The summed E-state index contributed by atoms with van der Waals surface area (Å²) in [5, 5.41) is 2.64. The Balaban J connectivity index is 2.04. The van der Waals surface area contributed by atoms with Gasteiger partial charge in [0, 0.05) is 12.5 Å². The third-order valence-electron chi connectivity index (χ3n) is 3.45. The molecule has 130 valence electrons. The lowest BCUT2D eigenvalue weighted by Crippen LogP contribution is -2.42. The predicted molar refractivity (Wildman–Crippen MR) is 94.1 cm³/mol. The van der Waals surface area contributed by atoms with Crippen LogP contribution in [0.15, 0.2) is 60.7 Å². The Kier molecular flexibility index (Phi) is 6.89. The smallest absolute Gasteiger partial charge is 0.328 e. The highest BCUT2D eigenvalue weighted by atomic mass is 19.1. The number of carbonyl (C=O) groups is 2. The second-order valence-corrected chi connectivity index (χ2v) is 5.39. The Labute approximate surface area is 146 Å². The third-order valence-corrected chi connectivity index (χ3v) is 3.45. The molecule has 0 bridgehead atoms. The zero-order valence-electron chi connectivity index (χ0n) is 13.9. The van der Waals surface area contributed by atoms with Gasteiger partial charge >= 0.3 is 5.97 Å². The fraction of sp³-hybridized carbons (Fsp3) is 0.200. The van der Waals surface area contributed by atoms with Crippen LogP contribution in [0.3, 0.4) is 0 Å². The average Bonchev–Trinajstić information content (AvgIpc) is 2.60. The van der Waals surface area contributed by atoms with Crippen LogP contribution in [0.2, 0.25) is 0 Å². The monoisotopic (exact) mass is 341 g/mol. The molecular weight excluding hydrogens is 321 g/mol. The van der Waals surface area contributed by atoms with Gasteiger partial charge in [0.25, 0.3) is 0 Å². The molecule has 1 N–H and O–H groups in total. The molecular formula is C20H20FNO3. The van der Waals surface area contributed by atoms with Crippen LogP contribution in [0.1, 0.15) is 18.1 Å². The highest BCUT2D eigenvalue weighted by Gasteiger charge is 2.21. The number of hydrogen-bond acceptors (Lipinski definition) is 3. The maximum atomic E-state index is 13.1. The number of hydrogen-bond donors (Lipinski definition) is 1. The first kappa shape index (κ1) is 18.4. The van der Waals surface area contributed by atoms with Gasteiger partial charge in [-0.2, -0.15) is 0 Å². The van der Waals surface area contributed by atoms with Gasteiger partial charge in [-0.3, -0.25) is 4.79 Å². The molecule has 25 heavy (non-hydrogen) atoms. The Morgan fingerprint density at radius 1 is 1.16 bits per heavy atom. The van der Waals surface area contributed by atoms with Crippen LogP contribution in [0.25, 0.3) is 6.08 Å². The molecule has 1 unspecified atom stereocenters. The van der Waals surface area contributed by atoms with Gasteiger partial charge in [0.15, 0.2) is 0 Å². The molecule has 1 atom stereocenters. The standard InChI is InChI=1S/C20H20FNO3/c1-2-25-20(24)18(14-15-7-4-3-5-8-15)22-19(23)12-11-16-9-6-10-17(21)13-16/h3-13,18H,2,14H2,1H3,(H,22,23)/b12-11+. The van der Waals surface area contributed by atoms with Crippen LogP contribution in [0.5, 0.6) is 0 Å². The highest BCUT2D eigenvalue weighted by molar-refractivity contribution is 5.94. The van der Waals surface area contributed by atoms with E-state index in [1.807, 2.05) is 30.3 Å². The summed E-state index contributed by atoms with van der Waals surface area (Å²) in [6.07, 6.45) is 3.09. The van der Waals surface area contributed by atoms with Gasteiger partial charge in [-0.25, -0.2) is 9.18 Å². The van der Waals surface area contributed by atoms with E-state index in [0.717, 1.165) is 5.56 Å². The number of rotatable bonds is 7. The Bertz CT molecular complexity index is 744. The van der Waals surface area contributed by atoms with Crippen molar-refractivity contribution in [2.75, 3.05) is 6.61 Å². The summed E-state index contributed by atoms with van der Waals surface area (Å²) in [4.78, 5) is 24.2. The maximum Gasteiger partial charge on any atom is 0.328 e. The number of nitrogens with one attached hydrogen (secondary N) is 1. The molecule has 0 spiro atoms. The molecule has 0 aliphatic carbocycles. The van der Waals surface area contributed by atoms with Crippen molar-refractivity contribution < 1.29 is 18.7 Å². The Morgan fingerprint density at radius 3 is 2.60 bits per heavy atom. The Morgan fingerprint density at radius 2 is 1.92 bits per heavy atom. The van der Waals surface area contributed by atoms with Gasteiger partial charge in [-0.1, -0.05) is 42.5 Å². The van der Waals surface area contributed by atoms with E-state index in [1.54, 1.807) is 19.1 Å². The lowest BCUT2D eigenvalue weighted by molar-refractivity contribution is -0.146. The van der Waals surface area contributed by atoms with Crippen LogP contribution in [-0.4, -0.2) is 24.5 Å². The van der Waals surface area contributed by atoms with Crippen LogP contribution >= 0.6 is 0 Å². The van der Waals surface area contributed by atoms with Crippen molar-refractivity contribution in [3.05, 3.63) is 77.6 Å². The van der Waals surface area contributed by atoms with E-state index in [2.05, 4.69) is 5.32 Å². The molecule has 0 aliphatic heterocycles. The lowest BCUT2D eigenvalue weighted by atomic mass is 10.1. The zero-order chi connectivity index (χ0) is 18.1. The number of esters is 1. The van der Waals surface area contributed by atoms with E-state index < -0.39 is 17.9 Å². The van der Waals surface area contributed by atoms with Gasteiger partial charge in [0.1, 0.15) is 11.9 Å². The van der Waals surface area contributed by atoms with Gasteiger partial charge in [-0.05, 0) is 36.3 Å². The highest BCUT2D eigenvalue weighted by Crippen LogP contribution is 2.07. The molecule has 0 heterocycles. The number of halogens is 1. The molecule has 5 heteroatoms. The lowest BCUT2D eigenvalue weighted by Gasteiger charge is -2.16. The van der Waals surface area contributed by atoms with E-state index >= 15 is 0 Å². The van der Waals surface area contributed by atoms with Crippen LogP contribution in [0.4, 0.5) is 4.39 Å². The average molecular weight is 341 g/mol. The molecule has 4 nitrogen and oxygen atoms in total. The molecule has 0 aromatic heterocycles. The van der Waals surface area contributed by atoms with Crippen molar-refractivity contribution in [2.45, 2.75) is 19.4 Å². The van der Waals surface area contributed by atoms with Crippen LogP contribution in [0, 0.1) is 5.82 Å². The molecule has 1 amide bonds. The quantitative estimate of drug-likeness (QED) is 0.622. The molecule has 0 saturated heterocycles. The molecule has 0 saturated carbocycles. The zero-order valence-corrected chi connectivity index (χ0v) is 13.9. The topological polar surface area (TPSA) is 55.4 Å². The SMILES string of the molecule is CCOC(=O)C(Cc1ccccc1)NC(=O)/C=C/c1cccc(F)c1. The van der Waals surface area contributed by atoms with Crippen molar-refractivity contribution in [2.24, 2.45) is 0 Å². The molecule has 2 aromatic rings. The molecule has 2 aromatic carbocycles. The van der Waals surface area contributed by atoms with Crippen LogP contribution < -0.4 is 5.32 Å². The van der Waals surface area contributed by atoms with Crippen molar-refractivity contribution >= 4 is 18.0 Å². The number of carbonyl (C=O) groups excluding carboxylic acids is 2. The largest absolute Gasteiger partial charge is 0.464 e. The minimum absolute atomic E-state index is 0.235.